The van der Waals surface area contributed by atoms with Gasteiger partial charge in [-0.15, -0.1) is 0 Å². The highest BCUT2D eigenvalue weighted by molar-refractivity contribution is 7.89. The Morgan fingerprint density at radius 1 is 1.06 bits per heavy atom. The molecule has 1 aromatic heterocycles. The molecule has 3 rings (SSSR count). The van der Waals surface area contributed by atoms with Crippen LogP contribution in [0.5, 0.6) is 0 Å². The summed E-state index contributed by atoms with van der Waals surface area (Å²) in [6.07, 6.45) is 0. The molecule has 32 heavy (non-hydrogen) atoms. The van der Waals surface area contributed by atoms with E-state index >= 15 is 0 Å². The number of aromatic nitrogens is 1. The van der Waals surface area contributed by atoms with Crippen molar-refractivity contribution in [3.05, 3.63) is 52.3 Å². The number of nitrogens with zero attached hydrogens (tertiary/aromatic N) is 3. The van der Waals surface area contributed by atoms with Crippen LogP contribution in [0.3, 0.4) is 0 Å². The van der Waals surface area contributed by atoms with Gasteiger partial charge >= 0.3 is 5.97 Å². The Bertz CT molecular complexity index is 1100. The minimum atomic E-state index is -3.65. The van der Waals surface area contributed by atoms with Crippen molar-refractivity contribution in [3.8, 4) is 0 Å². The second-order valence-corrected chi connectivity index (χ2v) is 10.4. The first kappa shape index (κ1) is 24.3. The summed E-state index contributed by atoms with van der Waals surface area (Å²) in [7, 11) is -3.65. The third kappa shape index (κ3) is 5.00. The number of ether oxygens (including phenoxy) is 1. The molecule has 174 valence electrons. The van der Waals surface area contributed by atoms with Crippen molar-refractivity contribution in [1.29, 1.82) is 0 Å². The summed E-state index contributed by atoms with van der Waals surface area (Å²) in [5.74, 6) is -0.887. The van der Waals surface area contributed by atoms with Gasteiger partial charge in [0.15, 0.2) is 6.61 Å². The summed E-state index contributed by atoms with van der Waals surface area (Å²) in [5, 5.41) is 0.458. The van der Waals surface area contributed by atoms with E-state index < -0.39 is 16.0 Å². The number of benzene rings is 1. The third-order valence-electron chi connectivity index (χ3n) is 5.59. The molecule has 1 amide bonds. The number of piperazine rings is 1. The Morgan fingerprint density at radius 2 is 1.66 bits per heavy atom. The number of carbonyl (C=O) groups is 2. The van der Waals surface area contributed by atoms with Crippen LogP contribution in [0.25, 0.3) is 0 Å². The minimum absolute atomic E-state index is 0.162. The molecule has 2 aromatic rings. The molecule has 0 N–H and O–H groups in total. The first-order chi connectivity index (χ1) is 15.0. The number of rotatable bonds is 6. The van der Waals surface area contributed by atoms with Gasteiger partial charge in [0.1, 0.15) is 0 Å². The monoisotopic (exact) mass is 481 g/mol. The largest absolute Gasteiger partial charge is 0.452 e. The lowest BCUT2D eigenvalue weighted by molar-refractivity contribution is -0.135. The van der Waals surface area contributed by atoms with Crippen molar-refractivity contribution in [1.82, 2.24) is 13.8 Å². The highest BCUT2D eigenvalue weighted by atomic mass is 35.5. The molecule has 1 aliphatic heterocycles. The molecule has 1 saturated heterocycles. The highest BCUT2D eigenvalue weighted by Crippen LogP contribution is 2.22. The predicted octanol–water partition coefficient (Wildman–Crippen LogP) is 3.03. The van der Waals surface area contributed by atoms with Crippen LogP contribution in [0.1, 0.15) is 41.6 Å². The van der Waals surface area contributed by atoms with Crippen LogP contribution >= 0.6 is 11.6 Å². The van der Waals surface area contributed by atoms with Crippen LogP contribution in [0, 0.1) is 13.8 Å². The summed E-state index contributed by atoms with van der Waals surface area (Å²) in [6, 6.07) is 7.96. The first-order valence-electron chi connectivity index (χ1n) is 10.4. The van der Waals surface area contributed by atoms with Gasteiger partial charge in [-0.25, -0.2) is 13.2 Å². The van der Waals surface area contributed by atoms with Crippen molar-refractivity contribution in [2.24, 2.45) is 0 Å². The van der Waals surface area contributed by atoms with Gasteiger partial charge in [0.2, 0.25) is 10.0 Å². The Balaban J connectivity index is 1.55. The quantitative estimate of drug-likeness (QED) is 0.592. The molecule has 0 unspecified atom stereocenters. The summed E-state index contributed by atoms with van der Waals surface area (Å²) in [5.41, 5.74) is 2.20. The zero-order valence-corrected chi connectivity index (χ0v) is 20.2. The number of hydrogen-bond donors (Lipinski definition) is 0. The minimum Gasteiger partial charge on any atom is -0.452 e. The SMILES string of the molecule is Cc1cc(C(=O)OCC(=O)N2CCN(S(=O)(=O)c3ccc(Cl)cc3)CC2)c(C)n1C(C)C. The zero-order chi connectivity index (χ0) is 23.6. The number of carbonyl (C=O) groups excluding carboxylic acids is 2. The molecule has 0 saturated carbocycles. The molecule has 1 aliphatic rings. The van der Waals surface area contributed by atoms with Crippen LogP contribution in [0.2, 0.25) is 5.02 Å². The van der Waals surface area contributed by atoms with E-state index in [9.17, 15) is 18.0 Å². The van der Waals surface area contributed by atoms with Crippen LogP contribution in [-0.2, 0) is 19.6 Å². The number of amides is 1. The van der Waals surface area contributed by atoms with E-state index in [1.165, 1.54) is 33.5 Å². The molecule has 1 fully saturated rings. The van der Waals surface area contributed by atoms with Crippen LogP contribution in [0.15, 0.2) is 35.2 Å². The van der Waals surface area contributed by atoms with E-state index in [4.69, 9.17) is 16.3 Å². The van der Waals surface area contributed by atoms with Crippen LogP contribution < -0.4 is 0 Å². The zero-order valence-electron chi connectivity index (χ0n) is 18.7. The maximum Gasteiger partial charge on any atom is 0.340 e. The maximum absolute atomic E-state index is 12.8. The lowest BCUT2D eigenvalue weighted by Crippen LogP contribution is -2.51. The van der Waals surface area contributed by atoms with E-state index in [1.807, 2.05) is 32.3 Å². The first-order valence-corrected chi connectivity index (χ1v) is 12.2. The van der Waals surface area contributed by atoms with Gasteiger partial charge in [0.05, 0.1) is 10.5 Å². The molecular weight excluding hydrogens is 454 g/mol. The lowest BCUT2D eigenvalue weighted by atomic mass is 10.2. The molecule has 0 aliphatic carbocycles. The Morgan fingerprint density at radius 3 is 2.19 bits per heavy atom. The van der Waals surface area contributed by atoms with Gasteiger partial charge in [-0.3, -0.25) is 4.79 Å². The van der Waals surface area contributed by atoms with E-state index in [0.29, 0.717) is 10.6 Å². The second kappa shape index (κ2) is 9.64. The molecular formula is C22H28ClN3O5S. The number of aryl methyl sites for hydroxylation is 1. The van der Waals surface area contributed by atoms with Crippen molar-refractivity contribution < 1.29 is 22.7 Å². The van der Waals surface area contributed by atoms with Gasteiger partial charge < -0.3 is 14.2 Å². The smallest absolute Gasteiger partial charge is 0.340 e. The summed E-state index contributed by atoms with van der Waals surface area (Å²) < 4.78 is 34.2. The fourth-order valence-corrected chi connectivity index (χ4v) is 5.56. The van der Waals surface area contributed by atoms with Crippen molar-refractivity contribution in [2.75, 3.05) is 32.8 Å². The predicted molar refractivity (Wildman–Crippen MR) is 121 cm³/mol. The van der Waals surface area contributed by atoms with Crippen molar-refractivity contribution in [3.63, 3.8) is 0 Å². The van der Waals surface area contributed by atoms with Gasteiger partial charge in [-0.05, 0) is 58.0 Å². The number of sulfonamides is 1. The standard InChI is InChI=1S/C22H28ClN3O5S/c1-15(2)26-16(3)13-20(17(26)4)22(28)31-14-21(27)24-9-11-25(12-10-24)32(29,30)19-7-5-18(23)6-8-19/h5-8,13,15H,9-12,14H2,1-4H3. The van der Waals surface area contributed by atoms with E-state index in [1.54, 1.807) is 6.07 Å². The summed E-state index contributed by atoms with van der Waals surface area (Å²) >= 11 is 5.83. The Kier molecular flexibility index (Phi) is 7.32. The molecule has 0 atom stereocenters. The Labute approximate surface area is 193 Å². The molecule has 10 heteroatoms. The highest BCUT2D eigenvalue weighted by Gasteiger charge is 2.30. The number of halogens is 1. The summed E-state index contributed by atoms with van der Waals surface area (Å²) in [4.78, 5) is 26.7. The van der Waals surface area contributed by atoms with E-state index in [0.717, 1.165) is 11.4 Å². The average Bonchev–Trinajstić information content (AvgIpc) is 3.06. The topological polar surface area (TPSA) is 88.9 Å². The summed E-state index contributed by atoms with van der Waals surface area (Å²) in [6.45, 7) is 8.25. The van der Waals surface area contributed by atoms with Crippen LogP contribution in [0.4, 0.5) is 0 Å². The van der Waals surface area contributed by atoms with Gasteiger partial charge in [-0.1, -0.05) is 11.6 Å². The molecule has 2 heterocycles. The lowest BCUT2D eigenvalue weighted by Gasteiger charge is -2.33. The van der Waals surface area contributed by atoms with E-state index in [-0.39, 0.29) is 49.6 Å². The maximum atomic E-state index is 12.8. The van der Waals surface area contributed by atoms with Crippen molar-refractivity contribution >= 4 is 33.5 Å². The fraction of sp³-hybridized carbons (Fsp3) is 0.455. The number of esters is 1. The number of hydrogen-bond acceptors (Lipinski definition) is 5. The molecule has 8 nitrogen and oxygen atoms in total. The third-order valence-corrected chi connectivity index (χ3v) is 7.76. The van der Waals surface area contributed by atoms with Crippen molar-refractivity contribution in [2.45, 2.75) is 38.6 Å². The van der Waals surface area contributed by atoms with E-state index in [2.05, 4.69) is 0 Å². The molecule has 1 aromatic carbocycles. The van der Waals surface area contributed by atoms with Crippen LogP contribution in [-0.4, -0.2) is 66.9 Å². The molecule has 0 bridgehead atoms. The molecule has 0 spiro atoms. The van der Waals surface area contributed by atoms with Gasteiger partial charge in [-0.2, -0.15) is 4.31 Å². The fourth-order valence-electron chi connectivity index (χ4n) is 4.01. The molecule has 0 radical (unpaired) electrons. The Hall–Kier alpha value is -2.36. The average molecular weight is 482 g/mol. The normalized spacial score (nSPS) is 15.2. The van der Waals surface area contributed by atoms with Gasteiger partial charge in [0.25, 0.3) is 5.91 Å². The van der Waals surface area contributed by atoms with Gasteiger partial charge in [0, 0.05) is 48.6 Å². The second-order valence-electron chi connectivity index (χ2n) is 8.06.